The lowest BCUT2D eigenvalue weighted by Gasteiger charge is -2.33. The van der Waals surface area contributed by atoms with E-state index in [0.717, 1.165) is 5.69 Å². The second-order valence-corrected chi connectivity index (χ2v) is 6.35. The SMILES string of the molecule is CCOC(=O)N1CCN(C(=O)c2ccc(Nc3cccc(Cl)c3)nn2)CC1. The molecule has 8 nitrogen and oxygen atoms in total. The number of hydrogen-bond acceptors (Lipinski definition) is 6. The second-order valence-electron chi connectivity index (χ2n) is 5.92. The Hall–Kier alpha value is -2.87. The predicted octanol–water partition coefficient (Wildman–Crippen LogP) is 2.79. The molecule has 2 amide bonds. The number of anilines is 2. The highest BCUT2D eigenvalue weighted by molar-refractivity contribution is 6.30. The van der Waals surface area contributed by atoms with Gasteiger partial charge in [-0.15, -0.1) is 10.2 Å². The quantitative estimate of drug-likeness (QED) is 0.865. The Balaban J connectivity index is 1.57. The number of rotatable bonds is 4. The van der Waals surface area contributed by atoms with Crippen molar-refractivity contribution in [3.05, 3.63) is 47.1 Å². The molecule has 2 aromatic rings. The summed E-state index contributed by atoms with van der Waals surface area (Å²) in [5.41, 5.74) is 1.04. The number of hydrogen-bond donors (Lipinski definition) is 1. The maximum absolute atomic E-state index is 12.6. The third kappa shape index (κ3) is 4.85. The molecule has 1 saturated heterocycles. The van der Waals surface area contributed by atoms with Gasteiger partial charge in [-0.3, -0.25) is 4.79 Å². The summed E-state index contributed by atoms with van der Waals surface area (Å²) >= 11 is 5.95. The molecule has 3 rings (SSSR count). The normalized spacial score (nSPS) is 14.0. The number of benzene rings is 1. The number of halogens is 1. The van der Waals surface area contributed by atoms with Crippen molar-refractivity contribution in [3.8, 4) is 0 Å². The zero-order chi connectivity index (χ0) is 19.2. The summed E-state index contributed by atoms with van der Waals surface area (Å²) in [7, 11) is 0. The molecular weight excluding hydrogens is 370 g/mol. The molecule has 0 unspecified atom stereocenters. The van der Waals surface area contributed by atoms with E-state index in [2.05, 4.69) is 15.5 Å². The van der Waals surface area contributed by atoms with E-state index in [1.54, 1.807) is 41.0 Å². The Morgan fingerprint density at radius 1 is 1.11 bits per heavy atom. The van der Waals surface area contributed by atoms with Gasteiger partial charge >= 0.3 is 6.09 Å². The Bertz CT molecular complexity index is 807. The molecule has 1 fully saturated rings. The van der Waals surface area contributed by atoms with E-state index in [1.165, 1.54) is 0 Å². The number of piperazine rings is 1. The molecule has 0 spiro atoms. The molecule has 1 aliphatic heterocycles. The molecule has 0 aliphatic carbocycles. The van der Waals surface area contributed by atoms with Crippen LogP contribution in [0.4, 0.5) is 16.3 Å². The first-order chi connectivity index (χ1) is 13.1. The lowest BCUT2D eigenvalue weighted by Crippen LogP contribution is -2.50. The van der Waals surface area contributed by atoms with Crippen LogP contribution in [0, 0.1) is 0 Å². The minimum Gasteiger partial charge on any atom is -0.450 e. The van der Waals surface area contributed by atoms with Crippen LogP contribution in [-0.2, 0) is 4.74 Å². The predicted molar refractivity (Wildman–Crippen MR) is 101 cm³/mol. The van der Waals surface area contributed by atoms with Gasteiger partial charge < -0.3 is 19.9 Å². The van der Waals surface area contributed by atoms with Gasteiger partial charge in [0.15, 0.2) is 11.5 Å². The third-order valence-electron chi connectivity index (χ3n) is 4.07. The molecule has 1 aliphatic rings. The van der Waals surface area contributed by atoms with E-state index in [0.29, 0.717) is 43.6 Å². The van der Waals surface area contributed by atoms with Crippen LogP contribution >= 0.6 is 11.6 Å². The second kappa shape index (κ2) is 8.68. The van der Waals surface area contributed by atoms with E-state index < -0.39 is 0 Å². The monoisotopic (exact) mass is 389 g/mol. The maximum Gasteiger partial charge on any atom is 0.409 e. The summed E-state index contributed by atoms with van der Waals surface area (Å²) in [6.45, 7) is 3.84. The Labute approximate surface area is 162 Å². The average molecular weight is 390 g/mol. The van der Waals surface area contributed by atoms with Crippen LogP contribution in [0.3, 0.4) is 0 Å². The van der Waals surface area contributed by atoms with Gasteiger partial charge in [-0.2, -0.15) is 0 Å². The van der Waals surface area contributed by atoms with Crippen LogP contribution in [0.1, 0.15) is 17.4 Å². The van der Waals surface area contributed by atoms with Gasteiger partial charge in [0.25, 0.3) is 5.91 Å². The van der Waals surface area contributed by atoms with Crippen molar-refractivity contribution in [2.75, 3.05) is 38.1 Å². The van der Waals surface area contributed by atoms with Gasteiger partial charge in [0.05, 0.1) is 6.61 Å². The van der Waals surface area contributed by atoms with Gasteiger partial charge in [0.1, 0.15) is 0 Å². The molecule has 0 atom stereocenters. The molecule has 9 heteroatoms. The van der Waals surface area contributed by atoms with Crippen molar-refractivity contribution in [3.63, 3.8) is 0 Å². The van der Waals surface area contributed by atoms with Gasteiger partial charge in [-0.25, -0.2) is 4.79 Å². The van der Waals surface area contributed by atoms with Crippen LogP contribution < -0.4 is 5.32 Å². The average Bonchev–Trinajstić information content (AvgIpc) is 2.68. The van der Waals surface area contributed by atoms with Gasteiger partial charge in [-0.05, 0) is 37.3 Å². The summed E-state index contributed by atoms with van der Waals surface area (Å²) in [6.07, 6.45) is -0.346. The fourth-order valence-electron chi connectivity index (χ4n) is 2.70. The van der Waals surface area contributed by atoms with E-state index in [9.17, 15) is 9.59 Å². The molecule has 2 heterocycles. The number of carbonyl (C=O) groups is 2. The van der Waals surface area contributed by atoms with Crippen molar-refractivity contribution >= 4 is 35.1 Å². The molecule has 1 aromatic carbocycles. The largest absolute Gasteiger partial charge is 0.450 e. The van der Waals surface area contributed by atoms with E-state index >= 15 is 0 Å². The molecular formula is C18H20ClN5O3. The highest BCUT2D eigenvalue weighted by Gasteiger charge is 2.26. The van der Waals surface area contributed by atoms with Crippen LogP contribution in [0.25, 0.3) is 0 Å². The number of aromatic nitrogens is 2. The number of nitrogens with one attached hydrogen (secondary N) is 1. The molecule has 0 bridgehead atoms. The van der Waals surface area contributed by atoms with Gasteiger partial charge in [-0.1, -0.05) is 17.7 Å². The minimum atomic E-state index is -0.346. The molecule has 27 heavy (non-hydrogen) atoms. The summed E-state index contributed by atoms with van der Waals surface area (Å²) in [6, 6.07) is 10.5. The Kier molecular flexibility index (Phi) is 6.08. The highest BCUT2D eigenvalue weighted by atomic mass is 35.5. The first kappa shape index (κ1) is 18.9. The first-order valence-corrected chi connectivity index (χ1v) is 9.02. The molecule has 1 N–H and O–H groups in total. The van der Waals surface area contributed by atoms with Crippen molar-refractivity contribution in [2.45, 2.75) is 6.92 Å². The lowest BCUT2D eigenvalue weighted by atomic mass is 10.2. The molecule has 0 radical (unpaired) electrons. The fraction of sp³-hybridized carbons (Fsp3) is 0.333. The highest BCUT2D eigenvalue weighted by Crippen LogP contribution is 2.18. The fourth-order valence-corrected chi connectivity index (χ4v) is 2.89. The number of carbonyl (C=O) groups excluding carboxylic acids is 2. The van der Waals surface area contributed by atoms with Gasteiger partial charge in [0, 0.05) is 36.9 Å². The molecule has 0 saturated carbocycles. The van der Waals surface area contributed by atoms with E-state index in [-0.39, 0.29) is 17.7 Å². The molecule has 1 aromatic heterocycles. The van der Waals surface area contributed by atoms with Crippen LogP contribution in [0.15, 0.2) is 36.4 Å². The number of ether oxygens (including phenoxy) is 1. The summed E-state index contributed by atoms with van der Waals surface area (Å²) in [5.74, 6) is 0.307. The lowest BCUT2D eigenvalue weighted by molar-refractivity contribution is 0.0565. The topological polar surface area (TPSA) is 87.7 Å². The van der Waals surface area contributed by atoms with E-state index in [4.69, 9.17) is 16.3 Å². The van der Waals surface area contributed by atoms with Crippen molar-refractivity contribution in [1.29, 1.82) is 0 Å². The van der Waals surface area contributed by atoms with Crippen LogP contribution in [0.2, 0.25) is 5.02 Å². The molecule has 142 valence electrons. The third-order valence-corrected chi connectivity index (χ3v) is 4.31. The van der Waals surface area contributed by atoms with Crippen LogP contribution in [-0.4, -0.2) is 64.8 Å². The Morgan fingerprint density at radius 3 is 2.48 bits per heavy atom. The summed E-state index contributed by atoms with van der Waals surface area (Å²) in [5, 5.41) is 11.8. The Morgan fingerprint density at radius 2 is 1.85 bits per heavy atom. The number of amides is 2. The summed E-state index contributed by atoms with van der Waals surface area (Å²) < 4.78 is 4.98. The smallest absolute Gasteiger partial charge is 0.409 e. The zero-order valence-corrected chi connectivity index (χ0v) is 15.6. The number of nitrogens with zero attached hydrogens (tertiary/aromatic N) is 4. The van der Waals surface area contributed by atoms with Crippen LogP contribution in [0.5, 0.6) is 0 Å². The summed E-state index contributed by atoms with van der Waals surface area (Å²) in [4.78, 5) is 27.5. The van der Waals surface area contributed by atoms with Crippen molar-refractivity contribution < 1.29 is 14.3 Å². The maximum atomic E-state index is 12.6. The first-order valence-electron chi connectivity index (χ1n) is 8.64. The van der Waals surface area contributed by atoms with Crippen molar-refractivity contribution in [1.82, 2.24) is 20.0 Å². The van der Waals surface area contributed by atoms with Gasteiger partial charge in [0.2, 0.25) is 0 Å². The van der Waals surface area contributed by atoms with Crippen molar-refractivity contribution in [2.24, 2.45) is 0 Å². The zero-order valence-electron chi connectivity index (χ0n) is 14.9. The minimum absolute atomic E-state index is 0.208. The van der Waals surface area contributed by atoms with E-state index in [1.807, 2.05) is 12.1 Å². The standard InChI is InChI=1S/C18H20ClN5O3/c1-2-27-18(26)24-10-8-23(9-11-24)17(25)15-6-7-16(22-21-15)20-14-5-3-4-13(19)12-14/h3-7,12H,2,8-11H2,1H3,(H,20,22).